The van der Waals surface area contributed by atoms with Crippen molar-refractivity contribution in [2.45, 2.75) is 6.61 Å². The Kier molecular flexibility index (Phi) is 6.22. The lowest BCUT2D eigenvalue weighted by atomic mass is 10.5. The molecule has 1 aliphatic rings. The molecule has 2 N–H and O–H groups in total. The van der Waals surface area contributed by atoms with Crippen LogP contribution < -0.4 is 5.43 Å². The van der Waals surface area contributed by atoms with Crippen LogP contribution in [0.3, 0.4) is 0 Å². The maximum atomic E-state index is 11.7. The van der Waals surface area contributed by atoms with Crippen LogP contribution in [-0.4, -0.2) is 60.8 Å². The third-order valence-corrected chi connectivity index (χ3v) is 3.62. The number of hydrogen-bond donors (Lipinski definition) is 2. The van der Waals surface area contributed by atoms with Crippen molar-refractivity contribution in [1.82, 2.24) is 15.5 Å². The van der Waals surface area contributed by atoms with Crippen LogP contribution in [0, 0.1) is 0 Å². The summed E-state index contributed by atoms with van der Waals surface area (Å²) in [6.45, 7) is 3.30. The predicted molar refractivity (Wildman–Crippen MR) is 73.4 cm³/mol. The monoisotopic (exact) mass is 301 g/mol. The number of thiophene rings is 1. The van der Waals surface area contributed by atoms with Crippen LogP contribution in [0.4, 0.5) is 4.79 Å². The number of hydroxylamine groups is 2. The summed E-state index contributed by atoms with van der Waals surface area (Å²) in [7, 11) is 0. The van der Waals surface area contributed by atoms with E-state index in [1.165, 1.54) is 0 Å². The summed E-state index contributed by atoms with van der Waals surface area (Å²) in [6, 6.07) is 3.39. The van der Waals surface area contributed by atoms with Gasteiger partial charge in [-0.15, -0.1) is 11.3 Å². The van der Waals surface area contributed by atoms with Gasteiger partial charge in [-0.3, -0.25) is 10.6 Å². The molecule has 0 atom stereocenters. The minimum Gasteiger partial charge on any atom is -0.379 e. The molecule has 0 radical (unpaired) electrons. The quantitative estimate of drug-likeness (QED) is 0.464. The Hall–Kier alpha value is -1.19. The normalized spacial score (nSPS) is 16.1. The lowest BCUT2D eigenvalue weighted by Gasteiger charge is -2.28. The van der Waals surface area contributed by atoms with Crippen molar-refractivity contribution < 1.29 is 19.5 Å². The van der Waals surface area contributed by atoms with Crippen LogP contribution in [-0.2, 0) is 16.1 Å². The van der Waals surface area contributed by atoms with Gasteiger partial charge in [-0.2, -0.15) is 0 Å². The van der Waals surface area contributed by atoms with Crippen molar-refractivity contribution in [1.29, 1.82) is 0 Å². The number of rotatable bonds is 6. The van der Waals surface area contributed by atoms with Gasteiger partial charge in [0.25, 0.3) is 0 Å². The summed E-state index contributed by atoms with van der Waals surface area (Å²) in [5.41, 5.74) is 2.61. The molecule has 2 heterocycles. The lowest BCUT2D eigenvalue weighted by Crippen LogP contribution is -2.52. The number of carbonyl (C=O) groups is 1. The van der Waals surface area contributed by atoms with E-state index in [0.717, 1.165) is 4.88 Å². The van der Waals surface area contributed by atoms with E-state index >= 15 is 0 Å². The molecule has 0 unspecified atom stereocenters. The summed E-state index contributed by atoms with van der Waals surface area (Å²) in [6.07, 6.45) is 0. The van der Waals surface area contributed by atoms with Crippen LogP contribution in [0.25, 0.3) is 0 Å². The molecule has 8 heteroatoms. The van der Waals surface area contributed by atoms with Crippen LogP contribution in [0.15, 0.2) is 17.5 Å². The Morgan fingerprint density at radius 1 is 1.55 bits per heavy atom. The van der Waals surface area contributed by atoms with Crippen molar-refractivity contribution in [3.63, 3.8) is 0 Å². The first kappa shape index (κ1) is 15.2. The molecule has 20 heavy (non-hydrogen) atoms. The van der Waals surface area contributed by atoms with Gasteiger partial charge < -0.3 is 9.47 Å². The molecule has 0 aromatic carbocycles. The number of morpholine rings is 1. The molecule has 2 rings (SSSR count). The van der Waals surface area contributed by atoms with E-state index in [4.69, 9.17) is 9.47 Å². The van der Waals surface area contributed by atoms with E-state index in [1.807, 2.05) is 17.5 Å². The Balaban J connectivity index is 1.58. The first-order valence-corrected chi connectivity index (χ1v) is 7.33. The number of carbonyl (C=O) groups excluding carboxylic acids is 1. The number of hydrazine groups is 1. The molecule has 112 valence electrons. The Bertz CT molecular complexity index is 395. The van der Waals surface area contributed by atoms with E-state index in [2.05, 4.69) is 5.43 Å². The molecule has 1 aliphatic heterocycles. The van der Waals surface area contributed by atoms with E-state index in [9.17, 15) is 10.0 Å². The van der Waals surface area contributed by atoms with Crippen molar-refractivity contribution in [2.75, 3.05) is 39.5 Å². The number of nitrogens with one attached hydrogen (secondary N) is 1. The van der Waals surface area contributed by atoms with Crippen LogP contribution in [0.5, 0.6) is 0 Å². The highest BCUT2D eigenvalue weighted by Crippen LogP contribution is 2.09. The van der Waals surface area contributed by atoms with E-state index in [0.29, 0.717) is 38.0 Å². The first-order valence-electron chi connectivity index (χ1n) is 6.45. The van der Waals surface area contributed by atoms with Gasteiger partial charge in [0.1, 0.15) is 0 Å². The molecule has 1 fully saturated rings. The first-order chi connectivity index (χ1) is 9.75. The lowest BCUT2D eigenvalue weighted by molar-refractivity contribution is -0.0718. The fourth-order valence-electron chi connectivity index (χ4n) is 1.69. The van der Waals surface area contributed by atoms with E-state index in [-0.39, 0.29) is 13.2 Å². The molecule has 1 saturated heterocycles. The van der Waals surface area contributed by atoms with Gasteiger partial charge in [0, 0.05) is 18.0 Å². The van der Waals surface area contributed by atoms with E-state index in [1.54, 1.807) is 16.3 Å². The van der Waals surface area contributed by atoms with Crippen molar-refractivity contribution in [2.24, 2.45) is 0 Å². The summed E-state index contributed by atoms with van der Waals surface area (Å²) >= 11 is 1.61. The second kappa shape index (κ2) is 8.18. The number of hydrogen-bond acceptors (Lipinski definition) is 6. The molecule has 1 aromatic heterocycles. The molecule has 7 nitrogen and oxygen atoms in total. The minimum absolute atomic E-state index is 0.127. The SMILES string of the molecule is O=C(NN1CCOCC1)N(O)CCOCc1cccs1. The molecule has 1 aromatic rings. The third kappa shape index (κ3) is 5.06. The van der Waals surface area contributed by atoms with Gasteiger partial charge in [-0.05, 0) is 11.4 Å². The fraction of sp³-hybridized carbons (Fsp3) is 0.583. The number of urea groups is 1. The van der Waals surface area contributed by atoms with Gasteiger partial charge in [0.05, 0.1) is 33.0 Å². The van der Waals surface area contributed by atoms with Gasteiger partial charge in [-0.25, -0.2) is 14.9 Å². The summed E-state index contributed by atoms with van der Waals surface area (Å²) in [4.78, 5) is 12.8. The van der Waals surface area contributed by atoms with Crippen molar-refractivity contribution in [3.05, 3.63) is 22.4 Å². The van der Waals surface area contributed by atoms with E-state index < -0.39 is 6.03 Å². The summed E-state index contributed by atoms with van der Waals surface area (Å²) in [5.74, 6) is 0. The predicted octanol–water partition coefficient (Wildman–Crippen LogP) is 0.913. The van der Waals surface area contributed by atoms with Gasteiger partial charge in [0.15, 0.2) is 0 Å². The highest BCUT2D eigenvalue weighted by molar-refractivity contribution is 7.09. The molecular weight excluding hydrogens is 282 g/mol. The van der Waals surface area contributed by atoms with Crippen LogP contribution in [0.1, 0.15) is 4.88 Å². The number of ether oxygens (including phenoxy) is 2. The average Bonchev–Trinajstić information content (AvgIpc) is 2.97. The molecule has 0 saturated carbocycles. The van der Waals surface area contributed by atoms with Crippen molar-refractivity contribution in [3.8, 4) is 0 Å². The molecule has 0 bridgehead atoms. The second-order valence-electron chi connectivity index (χ2n) is 4.27. The fourth-order valence-corrected chi connectivity index (χ4v) is 2.33. The summed E-state index contributed by atoms with van der Waals surface area (Å²) < 4.78 is 10.6. The third-order valence-electron chi connectivity index (χ3n) is 2.77. The zero-order valence-electron chi connectivity index (χ0n) is 11.2. The van der Waals surface area contributed by atoms with Crippen LogP contribution in [0.2, 0.25) is 0 Å². The Morgan fingerprint density at radius 3 is 3.05 bits per heavy atom. The standard InChI is InChI=1S/C12H19N3O4S/c16-12(13-14-3-6-18-7-4-14)15(17)5-8-19-10-11-2-1-9-20-11/h1-2,9,17H,3-8,10H2,(H,13,16). The average molecular weight is 301 g/mol. The highest BCUT2D eigenvalue weighted by atomic mass is 32.1. The minimum atomic E-state index is -0.549. The number of nitrogens with zero attached hydrogens (tertiary/aromatic N) is 2. The topological polar surface area (TPSA) is 74.3 Å². The molecule has 0 aliphatic carbocycles. The molecule has 2 amide bonds. The van der Waals surface area contributed by atoms with Crippen molar-refractivity contribution >= 4 is 17.4 Å². The van der Waals surface area contributed by atoms with Gasteiger partial charge >= 0.3 is 6.03 Å². The smallest absolute Gasteiger partial charge is 0.355 e. The maximum absolute atomic E-state index is 11.7. The molecular formula is C12H19N3O4S. The Labute approximate surface area is 121 Å². The zero-order chi connectivity index (χ0) is 14.2. The Morgan fingerprint density at radius 2 is 2.35 bits per heavy atom. The zero-order valence-corrected chi connectivity index (χ0v) is 12.0. The van der Waals surface area contributed by atoms with Gasteiger partial charge in [0.2, 0.25) is 0 Å². The largest absolute Gasteiger partial charge is 0.379 e. The highest BCUT2D eigenvalue weighted by Gasteiger charge is 2.16. The van der Waals surface area contributed by atoms with Crippen LogP contribution >= 0.6 is 11.3 Å². The number of amides is 2. The van der Waals surface area contributed by atoms with Gasteiger partial charge in [-0.1, -0.05) is 6.07 Å². The maximum Gasteiger partial charge on any atom is 0.355 e. The second-order valence-corrected chi connectivity index (χ2v) is 5.30. The molecule has 0 spiro atoms. The summed E-state index contributed by atoms with van der Waals surface area (Å²) in [5, 5.41) is 13.9.